The Morgan fingerprint density at radius 1 is 1.21 bits per heavy atom. The molecule has 0 N–H and O–H groups in total. The van der Waals surface area contributed by atoms with Crippen LogP contribution in [0.3, 0.4) is 0 Å². The molecule has 0 spiro atoms. The molecule has 0 fully saturated rings. The summed E-state index contributed by atoms with van der Waals surface area (Å²) in [5, 5.41) is 8.17. The minimum Gasteiger partial charge on any atom is -0.347 e. The fourth-order valence-electron chi connectivity index (χ4n) is 1.69. The van der Waals surface area contributed by atoms with Gasteiger partial charge in [-0.1, -0.05) is 5.21 Å². The first-order valence-corrected chi connectivity index (χ1v) is 6.42. The summed E-state index contributed by atoms with van der Waals surface area (Å²) in [6, 6.07) is 0. The predicted molar refractivity (Wildman–Crippen MR) is 68.2 cm³/mol. The van der Waals surface area contributed by atoms with Gasteiger partial charge < -0.3 is 14.0 Å². The summed E-state index contributed by atoms with van der Waals surface area (Å²) >= 11 is 0. The number of hydrogen-bond donors (Lipinski definition) is 0. The molecule has 19 heavy (non-hydrogen) atoms. The molecule has 0 aliphatic heterocycles. The van der Waals surface area contributed by atoms with Crippen molar-refractivity contribution in [1.82, 2.24) is 24.5 Å². The molecule has 0 aliphatic rings. The van der Waals surface area contributed by atoms with E-state index in [0.717, 1.165) is 13.1 Å². The predicted octanol–water partition coefficient (Wildman–Crippen LogP) is 1.25. The normalized spacial score (nSPS) is 11.3. The van der Waals surface area contributed by atoms with E-state index in [4.69, 9.17) is 9.47 Å². The number of aromatic nitrogens is 5. The monoisotopic (exact) mass is 265 g/mol. The number of imidazole rings is 1. The maximum atomic E-state index is 5.48. The van der Waals surface area contributed by atoms with Crippen molar-refractivity contribution in [2.24, 2.45) is 0 Å². The molecule has 7 heteroatoms. The highest BCUT2D eigenvalue weighted by Crippen LogP contribution is 2.15. The summed E-state index contributed by atoms with van der Waals surface area (Å²) in [5.74, 6) is 0. The van der Waals surface area contributed by atoms with Gasteiger partial charge in [-0.25, -0.2) is 4.98 Å². The Bertz CT molecular complexity index is 462. The van der Waals surface area contributed by atoms with Gasteiger partial charge in [-0.3, -0.25) is 4.68 Å². The van der Waals surface area contributed by atoms with Crippen LogP contribution in [0.5, 0.6) is 0 Å². The maximum Gasteiger partial charge on any atom is 0.204 e. The minimum absolute atomic E-state index is 0.433. The lowest BCUT2D eigenvalue weighted by Gasteiger charge is -2.13. The molecular weight excluding hydrogens is 246 g/mol. The Morgan fingerprint density at radius 3 is 2.63 bits per heavy atom. The third kappa shape index (κ3) is 3.87. The Balaban J connectivity index is 1.93. The van der Waals surface area contributed by atoms with Crippen LogP contribution in [0.4, 0.5) is 0 Å². The van der Waals surface area contributed by atoms with E-state index in [-0.39, 0.29) is 0 Å². The molecule has 0 atom stereocenters. The van der Waals surface area contributed by atoms with Gasteiger partial charge in [0.2, 0.25) is 6.29 Å². The van der Waals surface area contributed by atoms with E-state index in [1.807, 2.05) is 30.8 Å². The lowest BCUT2D eigenvalue weighted by Crippen LogP contribution is -2.09. The summed E-state index contributed by atoms with van der Waals surface area (Å²) in [6.07, 6.45) is 6.87. The molecule has 104 valence electrons. The topological polar surface area (TPSA) is 67.0 Å². The summed E-state index contributed by atoms with van der Waals surface area (Å²) in [7, 11) is 0. The first-order valence-electron chi connectivity index (χ1n) is 6.42. The Hall–Kier alpha value is -1.73. The summed E-state index contributed by atoms with van der Waals surface area (Å²) in [5.41, 5.74) is 0.703. The zero-order chi connectivity index (χ0) is 13.5. The van der Waals surface area contributed by atoms with Gasteiger partial charge in [0.1, 0.15) is 5.69 Å². The van der Waals surface area contributed by atoms with E-state index in [9.17, 15) is 0 Å². The molecule has 0 saturated heterocycles. The molecule has 2 heterocycles. The van der Waals surface area contributed by atoms with Crippen LogP contribution in [0.1, 0.15) is 25.8 Å². The first-order chi connectivity index (χ1) is 9.33. The minimum atomic E-state index is -0.433. The van der Waals surface area contributed by atoms with Gasteiger partial charge in [-0.05, 0) is 13.8 Å². The smallest absolute Gasteiger partial charge is 0.204 e. The number of hydrogen-bond acceptors (Lipinski definition) is 5. The van der Waals surface area contributed by atoms with Gasteiger partial charge in [0.05, 0.1) is 19.1 Å². The summed E-state index contributed by atoms with van der Waals surface area (Å²) in [6.45, 7) is 6.54. The van der Waals surface area contributed by atoms with Crippen LogP contribution in [0.25, 0.3) is 0 Å². The average molecular weight is 265 g/mol. The molecule has 0 amide bonds. The molecule has 7 nitrogen and oxygen atoms in total. The van der Waals surface area contributed by atoms with Gasteiger partial charge >= 0.3 is 0 Å². The second-order valence-corrected chi connectivity index (χ2v) is 3.95. The Kier molecular flexibility index (Phi) is 5.05. The molecule has 0 saturated carbocycles. The molecule has 2 rings (SSSR count). The first kappa shape index (κ1) is 13.7. The Morgan fingerprint density at radius 2 is 2.00 bits per heavy atom. The van der Waals surface area contributed by atoms with Crippen molar-refractivity contribution in [2.45, 2.75) is 33.2 Å². The zero-order valence-electron chi connectivity index (χ0n) is 11.3. The van der Waals surface area contributed by atoms with Crippen LogP contribution < -0.4 is 0 Å². The third-order valence-electron chi connectivity index (χ3n) is 2.58. The van der Waals surface area contributed by atoms with E-state index in [0.29, 0.717) is 18.9 Å². The Labute approximate surface area is 112 Å². The lowest BCUT2D eigenvalue weighted by molar-refractivity contribution is -0.142. The van der Waals surface area contributed by atoms with Crippen molar-refractivity contribution < 1.29 is 9.47 Å². The molecule has 0 radical (unpaired) electrons. The number of ether oxygens (including phenoxy) is 2. The van der Waals surface area contributed by atoms with Crippen LogP contribution in [0.2, 0.25) is 0 Å². The molecule has 0 unspecified atom stereocenters. The largest absolute Gasteiger partial charge is 0.347 e. The second-order valence-electron chi connectivity index (χ2n) is 3.95. The lowest BCUT2D eigenvalue weighted by atomic mass is 10.4. The van der Waals surface area contributed by atoms with Gasteiger partial charge in [0, 0.05) is 32.2 Å². The SMILES string of the molecule is CCOC(OCC)c1cn(CCn2ccnc2)nn1. The molecule has 0 aromatic carbocycles. The average Bonchev–Trinajstić information content (AvgIpc) is 3.07. The van der Waals surface area contributed by atoms with Gasteiger partial charge in [-0.2, -0.15) is 0 Å². The van der Waals surface area contributed by atoms with Crippen LogP contribution in [0.15, 0.2) is 24.9 Å². The third-order valence-corrected chi connectivity index (χ3v) is 2.58. The number of nitrogens with zero attached hydrogens (tertiary/aromatic N) is 5. The van der Waals surface area contributed by atoms with Gasteiger partial charge in [-0.15, -0.1) is 5.10 Å². The van der Waals surface area contributed by atoms with Gasteiger partial charge in [0.15, 0.2) is 0 Å². The van der Waals surface area contributed by atoms with Crippen molar-refractivity contribution in [3.05, 3.63) is 30.6 Å². The summed E-state index contributed by atoms with van der Waals surface area (Å²) in [4.78, 5) is 3.99. The summed E-state index contributed by atoms with van der Waals surface area (Å²) < 4.78 is 14.7. The molecule has 2 aromatic rings. The van der Waals surface area contributed by atoms with Crippen molar-refractivity contribution >= 4 is 0 Å². The molecular formula is C12H19N5O2. The van der Waals surface area contributed by atoms with Crippen LogP contribution in [-0.2, 0) is 22.6 Å². The van der Waals surface area contributed by atoms with Crippen molar-refractivity contribution in [3.63, 3.8) is 0 Å². The van der Waals surface area contributed by atoms with Crippen LogP contribution >= 0.6 is 0 Å². The molecule has 0 bridgehead atoms. The van der Waals surface area contributed by atoms with Crippen molar-refractivity contribution in [1.29, 1.82) is 0 Å². The highest BCUT2D eigenvalue weighted by Gasteiger charge is 2.15. The second kappa shape index (κ2) is 7.01. The fourth-order valence-corrected chi connectivity index (χ4v) is 1.69. The van der Waals surface area contributed by atoms with E-state index in [1.165, 1.54) is 0 Å². The van der Waals surface area contributed by atoms with Gasteiger partial charge in [0.25, 0.3) is 0 Å². The molecule has 2 aromatic heterocycles. The standard InChI is InChI=1S/C12H19N5O2/c1-3-18-12(19-4-2)11-9-17(15-14-11)8-7-16-6-5-13-10-16/h5-6,9-10,12H,3-4,7-8H2,1-2H3. The number of rotatable bonds is 8. The van der Waals surface area contributed by atoms with Crippen molar-refractivity contribution in [3.8, 4) is 0 Å². The molecule has 0 aliphatic carbocycles. The zero-order valence-corrected chi connectivity index (χ0v) is 11.3. The van der Waals surface area contributed by atoms with E-state index in [1.54, 1.807) is 17.2 Å². The fraction of sp³-hybridized carbons (Fsp3) is 0.583. The van der Waals surface area contributed by atoms with E-state index in [2.05, 4.69) is 15.3 Å². The number of aryl methyl sites for hydroxylation is 2. The van der Waals surface area contributed by atoms with E-state index >= 15 is 0 Å². The quantitative estimate of drug-likeness (QED) is 0.672. The van der Waals surface area contributed by atoms with Crippen LogP contribution in [0, 0.1) is 0 Å². The van der Waals surface area contributed by atoms with Crippen molar-refractivity contribution in [2.75, 3.05) is 13.2 Å². The van der Waals surface area contributed by atoms with Crippen LogP contribution in [-0.4, -0.2) is 37.8 Å². The van der Waals surface area contributed by atoms with E-state index < -0.39 is 6.29 Å². The highest BCUT2D eigenvalue weighted by molar-refractivity contribution is 4.94. The maximum absolute atomic E-state index is 5.48. The highest BCUT2D eigenvalue weighted by atomic mass is 16.7.